The third-order valence-electron chi connectivity index (χ3n) is 2.73. The van der Waals surface area contributed by atoms with Crippen LogP contribution in [-0.2, 0) is 10.0 Å². The molecule has 0 unspecified atom stereocenters. The van der Waals surface area contributed by atoms with Crippen LogP contribution in [0.5, 0.6) is 0 Å². The molecule has 3 nitrogen and oxygen atoms in total. The summed E-state index contributed by atoms with van der Waals surface area (Å²) in [6.07, 6.45) is 2.10. The van der Waals surface area contributed by atoms with Gasteiger partial charge >= 0.3 is 0 Å². The molecular weight excluding hydrogens is 198 g/mol. The van der Waals surface area contributed by atoms with Crippen molar-refractivity contribution in [2.75, 3.05) is 18.8 Å². The summed E-state index contributed by atoms with van der Waals surface area (Å²) in [7, 11) is -2.99. The average Bonchev–Trinajstić information content (AvgIpc) is 2.19. The Labute approximate surface area is 88.5 Å². The maximum Gasteiger partial charge on any atom is 0.213 e. The fourth-order valence-electron chi connectivity index (χ4n) is 1.46. The van der Waals surface area contributed by atoms with Crippen LogP contribution in [0.15, 0.2) is 0 Å². The van der Waals surface area contributed by atoms with Gasteiger partial charge in [-0.25, -0.2) is 12.7 Å². The topological polar surface area (TPSA) is 37.4 Å². The standard InChI is InChI=1S/C10H23NO2S/c1-5-10(6-2)9-11(7-3)14(12,13)8-4/h10H,5-9H2,1-4H3. The van der Waals surface area contributed by atoms with Crippen molar-refractivity contribution in [1.82, 2.24) is 4.31 Å². The van der Waals surface area contributed by atoms with E-state index in [1.807, 2.05) is 6.92 Å². The molecule has 0 radical (unpaired) electrons. The molecule has 0 rings (SSSR count). The van der Waals surface area contributed by atoms with Crippen molar-refractivity contribution in [3.8, 4) is 0 Å². The molecule has 86 valence electrons. The zero-order valence-corrected chi connectivity index (χ0v) is 10.6. The predicted molar refractivity (Wildman–Crippen MR) is 60.8 cm³/mol. The Bertz CT molecular complexity index is 233. The molecule has 0 aromatic heterocycles. The monoisotopic (exact) mass is 221 g/mol. The van der Waals surface area contributed by atoms with Crippen LogP contribution in [0.1, 0.15) is 40.5 Å². The van der Waals surface area contributed by atoms with Crippen molar-refractivity contribution in [2.24, 2.45) is 5.92 Å². The molecule has 0 saturated heterocycles. The Hall–Kier alpha value is -0.0900. The van der Waals surface area contributed by atoms with Crippen LogP contribution in [0, 0.1) is 5.92 Å². The number of hydrogen-bond donors (Lipinski definition) is 0. The molecule has 4 heteroatoms. The number of hydrogen-bond acceptors (Lipinski definition) is 2. The molecule has 0 aromatic rings. The highest BCUT2D eigenvalue weighted by Crippen LogP contribution is 2.12. The first-order chi connectivity index (χ1) is 6.51. The molecular formula is C10H23NO2S. The molecule has 0 saturated carbocycles. The van der Waals surface area contributed by atoms with E-state index in [2.05, 4.69) is 13.8 Å². The van der Waals surface area contributed by atoms with E-state index in [0.29, 0.717) is 19.0 Å². The van der Waals surface area contributed by atoms with Crippen LogP contribution in [0.25, 0.3) is 0 Å². The van der Waals surface area contributed by atoms with Crippen LogP contribution >= 0.6 is 0 Å². The van der Waals surface area contributed by atoms with Crippen molar-refractivity contribution < 1.29 is 8.42 Å². The lowest BCUT2D eigenvalue weighted by Crippen LogP contribution is -2.36. The molecule has 0 bridgehead atoms. The molecule has 0 heterocycles. The van der Waals surface area contributed by atoms with E-state index in [1.54, 1.807) is 11.2 Å². The summed E-state index contributed by atoms with van der Waals surface area (Å²) in [6, 6.07) is 0. The summed E-state index contributed by atoms with van der Waals surface area (Å²) in [6.45, 7) is 9.09. The Morgan fingerprint density at radius 3 is 1.86 bits per heavy atom. The predicted octanol–water partition coefficient (Wildman–Crippen LogP) is 2.09. The van der Waals surface area contributed by atoms with Gasteiger partial charge in [0.05, 0.1) is 5.75 Å². The normalized spacial score (nSPS) is 12.7. The summed E-state index contributed by atoms with van der Waals surface area (Å²) in [4.78, 5) is 0. The lowest BCUT2D eigenvalue weighted by molar-refractivity contribution is 0.339. The van der Waals surface area contributed by atoms with Gasteiger partial charge in [-0.05, 0) is 12.8 Å². The third-order valence-corrected chi connectivity index (χ3v) is 4.65. The molecule has 0 N–H and O–H groups in total. The smallest absolute Gasteiger partial charge is 0.212 e. The fraction of sp³-hybridized carbons (Fsp3) is 1.00. The van der Waals surface area contributed by atoms with E-state index in [9.17, 15) is 8.42 Å². The van der Waals surface area contributed by atoms with Crippen molar-refractivity contribution in [2.45, 2.75) is 40.5 Å². The van der Waals surface area contributed by atoms with Gasteiger partial charge in [-0.15, -0.1) is 0 Å². The van der Waals surface area contributed by atoms with E-state index in [4.69, 9.17) is 0 Å². The van der Waals surface area contributed by atoms with E-state index in [0.717, 1.165) is 12.8 Å². The van der Waals surface area contributed by atoms with Crippen LogP contribution in [0.3, 0.4) is 0 Å². The Balaban J connectivity index is 4.43. The van der Waals surface area contributed by atoms with E-state index < -0.39 is 10.0 Å². The van der Waals surface area contributed by atoms with Crippen molar-refractivity contribution in [3.05, 3.63) is 0 Å². The van der Waals surface area contributed by atoms with Crippen molar-refractivity contribution in [1.29, 1.82) is 0 Å². The molecule has 0 aliphatic carbocycles. The minimum absolute atomic E-state index is 0.209. The fourth-order valence-corrected chi connectivity index (χ4v) is 2.65. The first-order valence-corrected chi connectivity index (χ1v) is 7.10. The van der Waals surface area contributed by atoms with Gasteiger partial charge in [-0.1, -0.05) is 33.6 Å². The van der Waals surface area contributed by atoms with Gasteiger partial charge in [0.15, 0.2) is 0 Å². The minimum Gasteiger partial charge on any atom is -0.212 e. The van der Waals surface area contributed by atoms with Crippen LogP contribution in [0.4, 0.5) is 0 Å². The summed E-state index contributed by atoms with van der Waals surface area (Å²) < 4.78 is 24.8. The quantitative estimate of drug-likeness (QED) is 0.660. The average molecular weight is 221 g/mol. The molecule has 0 aromatic carbocycles. The Kier molecular flexibility index (Phi) is 6.36. The molecule has 0 atom stereocenters. The van der Waals surface area contributed by atoms with Gasteiger partial charge in [0.2, 0.25) is 10.0 Å². The zero-order valence-electron chi connectivity index (χ0n) is 9.78. The number of sulfonamides is 1. The minimum atomic E-state index is -2.99. The number of nitrogens with zero attached hydrogens (tertiary/aromatic N) is 1. The maximum atomic E-state index is 11.6. The second-order valence-corrected chi connectivity index (χ2v) is 5.79. The summed E-state index contributed by atoms with van der Waals surface area (Å²) in [5.41, 5.74) is 0. The second-order valence-electron chi connectivity index (χ2n) is 3.53. The van der Waals surface area contributed by atoms with Crippen molar-refractivity contribution in [3.63, 3.8) is 0 Å². The summed E-state index contributed by atoms with van der Waals surface area (Å²) in [5, 5.41) is 0. The van der Waals surface area contributed by atoms with Crippen LogP contribution in [-0.4, -0.2) is 31.6 Å². The molecule has 0 spiro atoms. The van der Waals surface area contributed by atoms with Gasteiger partial charge in [-0.3, -0.25) is 0 Å². The molecule has 0 aliphatic heterocycles. The third kappa shape index (κ3) is 3.96. The van der Waals surface area contributed by atoms with Gasteiger partial charge < -0.3 is 0 Å². The molecule has 14 heavy (non-hydrogen) atoms. The molecule has 0 amide bonds. The van der Waals surface area contributed by atoms with Gasteiger partial charge in [0, 0.05) is 13.1 Å². The van der Waals surface area contributed by atoms with E-state index in [1.165, 1.54) is 0 Å². The van der Waals surface area contributed by atoms with Gasteiger partial charge in [0.25, 0.3) is 0 Å². The SMILES string of the molecule is CCC(CC)CN(CC)S(=O)(=O)CC. The first kappa shape index (κ1) is 13.9. The number of rotatable bonds is 7. The zero-order chi connectivity index (χ0) is 11.2. The molecule has 0 fully saturated rings. The second kappa shape index (κ2) is 6.40. The Morgan fingerprint density at radius 1 is 1.07 bits per heavy atom. The summed E-state index contributed by atoms with van der Waals surface area (Å²) >= 11 is 0. The van der Waals surface area contributed by atoms with Crippen LogP contribution < -0.4 is 0 Å². The van der Waals surface area contributed by atoms with E-state index >= 15 is 0 Å². The largest absolute Gasteiger partial charge is 0.213 e. The lowest BCUT2D eigenvalue weighted by atomic mass is 10.0. The Morgan fingerprint density at radius 2 is 1.57 bits per heavy atom. The first-order valence-electron chi connectivity index (χ1n) is 5.49. The highest BCUT2D eigenvalue weighted by molar-refractivity contribution is 7.89. The van der Waals surface area contributed by atoms with Gasteiger partial charge in [0.1, 0.15) is 0 Å². The van der Waals surface area contributed by atoms with Crippen LogP contribution in [0.2, 0.25) is 0 Å². The molecule has 0 aliphatic rings. The lowest BCUT2D eigenvalue weighted by Gasteiger charge is -2.24. The van der Waals surface area contributed by atoms with Crippen molar-refractivity contribution >= 4 is 10.0 Å². The van der Waals surface area contributed by atoms with Gasteiger partial charge in [-0.2, -0.15) is 0 Å². The van der Waals surface area contributed by atoms with E-state index in [-0.39, 0.29) is 5.75 Å². The highest BCUT2D eigenvalue weighted by Gasteiger charge is 2.20. The summed E-state index contributed by atoms with van der Waals surface area (Å²) in [5.74, 6) is 0.706. The maximum absolute atomic E-state index is 11.6. The highest BCUT2D eigenvalue weighted by atomic mass is 32.2.